The van der Waals surface area contributed by atoms with E-state index in [1.54, 1.807) is 44.4 Å². The Kier molecular flexibility index (Phi) is 7.56. The molecule has 3 rings (SSSR count). The molecule has 2 N–H and O–H groups in total. The average Bonchev–Trinajstić information content (AvgIpc) is 2.78. The van der Waals surface area contributed by atoms with Crippen LogP contribution in [0.2, 0.25) is 0 Å². The van der Waals surface area contributed by atoms with E-state index in [9.17, 15) is 16.8 Å². The van der Waals surface area contributed by atoms with Gasteiger partial charge in [0.15, 0.2) is 0 Å². The van der Waals surface area contributed by atoms with Crippen LogP contribution in [0.5, 0.6) is 0 Å². The van der Waals surface area contributed by atoms with E-state index in [0.29, 0.717) is 17.5 Å². The number of sulfone groups is 1. The minimum atomic E-state index is -3.94. The number of aryl methyl sites for hydroxylation is 1. The fourth-order valence-electron chi connectivity index (χ4n) is 3.56. The summed E-state index contributed by atoms with van der Waals surface area (Å²) in [5.74, 6) is -0.110. The molecule has 1 aromatic heterocycles. The molecule has 0 aliphatic heterocycles. The van der Waals surface area contributed by atoms with Crippen LogP contribution in [-0.2, 0) is 26.3 Å². The van der Waals surface area contributed by atoms with Gasteiger partial charge in [0, 0.05) is 37.6 Å². The molecule has 0 bridgehead atoms. The smallest absolute Gasteiger partial charge is 0.240 e. The molecule has 0 atom stereocenters. The molecule has 0 amide bonds. The number of rotatable bonds is 9. The number of hydrogen-bond donors (Lipinski definition) is 2. The van der Waals surface area contributed by atoms with Crippen molar-refractivity contribution in [1.82, 2.24) is 9.71 Å². The van der Waals surface area contributed by atoms with E-state index in [1.807, 2.05) is 26.0 Å². The average molecular weight is 488 g/mol. The third kappa shape index (κ3) is 5.61. The number of pyridine rings is 1. The van der Waals surface area contributed by atoms with Gasteiger partial charge in [0.1, 0.15) is 0 Å². The fourth-order valence-corrected chi connectivity index (χ4v) is 6.56. The maximum Gasteiger partial charge on any atom is 0.240 e. The van der Waals surface area contributed by atoms with Gasteiger partial charge in [-0.1, -0.05) is 26.0 Å². The minimum Gasteiger partial charge on any atom is -0.388 e. The van der Waals surface area contributed by atoms with Crippen molar-refractivity contribution in [1.29, 1.82) is 0 Å². The first-order chi connectivity index (χ1) is 15.6. The first-order valence-corrected chi connectivity index (χ1v) is 13.6. The Labute approximate surface area is 196 Å². The van der Waals surface area contributed by atoms with Crippen LogP contribution >= 0.6 is 0 Å². The molecule has 0 unspecified atom stereocenters. The molecule has 176 valence electrons. The predicted octanol–water partition coefficient (Wildman–Crippen LogP) is 3.91. The molecule has 0 saturated carbocycles. The van der Waals surface area contributed by atoms with Crippen LogP contribution in [0, 0.1) is 6.92 Å². The number of anilines is 1. The van der Waals surface area contributed by atoms with E-state index in [2.05, 4.69) is 15.0 Å². The van der Waals surface area contributed by atoms with E-state index in [4.69, 9.17) is 0 Å². The summed E-state index contributed by atoms with van der Waals surface area (Å²) in [6, 6.07) is 14.7. The zero-order valence-electron chi connectivity index (χ0n) is 19.2. The molecular weight excluding hydrogens is 458 g/mol. The Balaban J connectivity index is 1.98. The van der Waals surface area contributed by atoms with Gasteiger partial charge in [-0.25, -0.2) is 21.6 Å². The SMILES string of the molecule is CNc1ccc(S(=O)(=O)c2ccc(C(C)C)c(S(=O)(=O)NCCc3ccccn3)c2)c(C)c1. The highest BCUT2D eigenvalue weighted by molar-refractivity contribution is 7.91. The van der Waals surface area contributed by atoms with Crippen LogP contribution in [0.4, 0.5) is 5.69 Å². The Morgan fingerprint density at radius 2 is 1.70 bits per heavy atom. The predicted molar refractivity (Wildman–Crippen MR) is 130 cm³/mol. The summed E-state index contributed by atoms with van der Waals surface area (Å²) in [5.41, 5.74) is 2.69. The Hall–Kier alpha value is -2.75. The Bertz CT molecular complexity index is 1340. The van der Waals surface area contributed by atoms with E-state index in [0.717, 1.165) is 11.4 Å². The third-order valence-corrected chi connectivity index (χ3v) is 8.79. The highest BCUT2D eigenvalue weighted by Crippen LogP contribution is 2.31. The molecule has 0 spiro atoms. The van der Waals surface area contributed by atoms with Crippen molar-refractivity contribution in [2.75, 3.05) is 18.9 Å². The van der Waals surface area contributed by atoms with Crippen molar-refractivity contribution >= 4 is 25.5 Å². The van der Waals surface area contributed by atoms with Gasteiger partial charge < -0.3 is 5.32 Å². The summed E-state index contributed by atoms with van der Waals surface area (Å²) in [6.07, 6.45) is 2.08. The van der Waals surface area contributed by atoms with Crippen LogP contribution in [0.1, 0.15) is 36.6 Å². The number of aromatic nitrogens is 1. The van der Waals surface area contributed by atoms with Crippen molar-refractivity contribution in [3.63, 3.8) is 0 Å². The van der Waals surface area contributed by atoms with Gasteiger partial charge in [-0.05, 0) is 66.4 Å². The molecule has 3 aromatic rings. The summed E-state index contributed by atoms with van der Waals surface area (Å²) in [4.78, 5) is 4.26. The largest absolute Gasteiger partial charge is 0.388 e. The molecule has 0 fully saturated rings. The minimum absolute atomic E-state index is 0.0240. The van der Waals surface area contributed by atoms with Crippen molar-refractivity contribution in [3.05, 3.63) is 77.6 Å². The lowest BCUT2D eigenvalue weighted by atomic mass is 10.0. The maximum atomic E-state index is 13.4. The molecule has 2 aromatic carbocycles. The van der Waals surface area contributed by atoms with E-state index in [-0.39, 0.29) is 27.1 Å². The van der Waals surface area contributed by atoms with Crippen LogP contribution in [-0.4, -0.2) is 35.4 Å². The second-order valence-electron chi connectivity index (χ2n) is 8.06. The Morgan fingerprint density at radius 3 is 2.30 bits per heavy atom. The lowest BCUT2D eigenvalue weighted by molar-refractivity contribution is 0.578. The Morgan fingerprint density at radius 1 is 0.939 bits per heavy atom. The van der Waals surface area contributed by atoms with Gasteiger partial charge in [0.05, 0.1) is 14.7 Å². The summed E-state index contributed by atoms with van der Waals surface area (Å²) < 4.78 is 55.7. The van der Waals surface area contributed by atoms with E-state index < -0.39 is 19.9 Å². The van der Waals surface area contributed by atoms with Gasteiger partial charge in [-0.15, -0.1) is 0 Å². The molecule has 9 heteroatoms. The molecule has 0 saturated heterocycles. The quantitative estimate of drug-likeness (QED) is 0.474. The summed E-state index contributed by atoms with van der Waals surface area (Å²) in [5, 5.41) is 2.98. The summed E-state index contributed by atoms with van der Waals surface area (Å²) in [7, 11) is -6.10. The molecule has 7 nitrogen and oxygen atoms in total. The lowest BCUT2D eigenvalue weighted by Crippen LogP contribution is -2.27. The molecule has 0 radical (unpaired) electrons. The van der Waals surface area contributed by atoms with Crippen molar-refractivity contribution in [2.45, 2.75) is 47.8 Å². The molecule has 0 aliphatic rings. The van der Waals surface area contributed by atoms with Gasteiger partial charge in [-0.3, -0.25) is 4.98 Å². The van der Waals surface area contributed by atoms with Gasteiger partial charge in [0.2, 0.25) is 19.9 Å². The molecule has 1 heterocycles. The highest BCUT2D eigenvalue weighted by Gasteiger charge is 2.26. The van der Waals surface area contributed by atoms with Crippen LogP contribution in [0.3, 0.4) is 0 Å². The molecule has 33 heavy (non-hydrogen) atoms. The van der Waals surface area contributed by atoms with E-state index in [1.165, 1.54) is 18.2 Å². The molecular formula is C24H29N3O4S2. The van der Waals surface area contributed by atoms with Crippen molar-refractivity contribution in [3.8, 4) is 0 Å². The van der Waals surface area contributed by atoms with Gasteiger partial charge in [-0.2, -0.15) is 0 Å². The normalized spacial score (nSPS) is 12.2. The van der Waals surface area contributed by atoms with E-state index >= 15 is 0 Å². The number of benzene rings is 2. The topological polar surface area (TPSA) is 105 Å². The van der Waals surface area contributed by atoms with Crippen molar-refractivity contribution in [2.24, 2.45) is 0 Å². The summed E-state index contributed by atoms with van der Waals surface area (Å²) in [6.45, 7) is 5.61. The number of hydrogen-bond acceptors (Lipinski definition) is 6. The first-order valence-electron chi connectivity index (χ1n) is 10.6. The van der Waals surface area contributed by atoms with Gasteiger partial charge in [0.25, 0.3) is 0 Å². The standard InChI is InChI=1S/C24H29N3O4S2/c1-17(2)22-10-9-21(32(28,29)23-11-8-20(25-4)15-18(23)3)16-24(22)33(30,31)27-14-12-19-7-5-6-13-26-19/h5-11,13,15-17,25,27H,12,14H2,1-4H3. The number of nitrogens with one attached hydrogen (secondary N) is 2. The summed E-state index contributed by atoms with van der Waals surface area (Å²) >= 11 is 0. The van der Waals surface area contributed by atoms with Crippen LogP contribution in [0.25, 0.3) is 0 Å². The lowest BCUT2D eigenvalue weighted by Gasteiger charge is -2.16. The maximum absolute atomic E-state index is 13.4. The molecule has 0 aliphatic carbocycles. The first kappa shape index (κ1) is 24.9. The second-order valence-corrected chi connectivity index (χ2v) is 11.7. The van der Waals surface area contributed by atoms with Crippen molar-refractivity contribution < 1.29 is 16.8 Å². The van der Waals surface area contributed by atoms with Crippen LogP contribution < -0.4 is 10.0 Å². The van der Waals surface area contributed by atoms with Crippen LogP contribution in [0.15, 0.2) is 75.5 Å². The second kappa shape index (κ2) is 10.0. The zero-order valence-corrected chi connectivity index (χ0v) is 20.8. The highest BCUT2D eigenvalue weighted by atomic mass is 32.2. The number of sulfonamides is 1. The zero-order chi connectivity index (χ0) is 24.2. The monoisotopic (exact) mass is 487 g/mol. The third-order valence-electron chi connectivity index (χ3n) is 5.36. The van der Waals surface area contributed by atoms with Gasteiger partial charge >= 0.3 is 0 Å². The number of nitrogens with zero attached hydrogens (tertiary/aromatic N) is 1. The fraction of sp³-hybridized carbons (Fsp3) is 0.292.